The van der Waals surface area contributed by atoms with Gasteiger partial charge >= 0.3 is 0 Å². The smallest absolute Gasteiger partial charge is 0.258 e. The van der Waals surface area contributed by atoms with Crippen LogP contribution in [0.15, 0.2) is 34.9 Å². The van der Waals surface area contributed by atoms with E-state index in [0.29, 0.717) is 27.7 Å². The Balaban J connectivity index is 2.18. The van der Waals surface area contributed by atoms with E-state index in [-0.39, 0.29) is 5.91 Å². The fourth-order valence-electron chi connectivity index (χ4n) is 1.39. The molecule has 0 aliphatic heterocycles. The Kier molecular flexibility index (Phi) is 3.06. The molecule has 2 aromatic rings. The van der Waals surface area contributed by atoms with E-state index < -0.39 is 0 Å². The van der Waals surface area contributed by atoms with Crippen molar-refractivity contribution in [2.24, 2.45) is 0 Å². The fourth-order valence-corrected chi connectivity index (χ4v) is 1.63. The number of hydrogen-bond donors (Lipinski definition) is 2. The molecule has 0 radical (unpaired) electrons. The minimum Gasteiger partial charge on any atom is -0.469 e. The summed E-state index contributed by atoms with van der Waals surface area (Å²) in [7, 11) is 0. The number of benzene rings is 1. The number of anilines is 2. The van der Waals surface area contributed by atoms with Gasteiger partial charge in [-0.25, -0.2) is 0 Å². The van der Waals surface area contributed by atoms with Crippen LogP contribution in [0, 0.1) is 6.92 Å². The van der Waals surface area contributed by atoms with E-state index >= 15 is 0 Å². The van der Waals surface area contributed by atoms with Gasteiger partial charge in [0, 0.05) is 5.69 Å². The zero-order valence-electron chi connectivity index (χ0n) is 9.16. The Bertz CT molecular complexity index is 563. The van der Waals surface area contributed by atoms with Crippen molar-refractivity contribution in [1.29, 1.82) is 0 Å². The minimum absolute atomic E-state index is 0.270. The third kappa shape index (κ3) is 2.60. The molecule has 3 N–H and O–H groups in total. The van der Waals surface area contributed by atoms with Crippen molar-refractivity contribution in [3.05, 3.63) is 46.9 Å². The number of furan rings is 1. The molecule has 0 unspecified atom stereocenters. The van der Waals surface area contributed by atoms with Crippen molar-refractivity contribution >= 4 is 28.9 Å². The van der Waals surface area contributed by atoms with Crippen LogP contribution in [0.25, 0.3) is 0 Å². The highest BCUT2D eigenvalue weighted by Crippen LogP contribution is 2.24. The van der Waals surface area contributed by atoms with Gasteiger partial charge in [0.2, 0.25) is 0 Å². The van der Waals surface area contributed by atoms with Crippen LogP contribution in [-0.4, -0.2) is 5.91 Å². The molecule has 0 atom stereocenters. The van der Waals surface area contributed by atoms with Gasteiger partial charge in [-0.2, -0.15) is 0 Å². The lowest BCUT2D eigenvalue weighted by Crippen LogP contribution is -2.11. The summed E-state index contributed by atoms with van der Waals surface area (Å²) in [6.45, 7) is 1.77. The summed E-state index contributed by atoms with van der Waals surface area (Å²) in [6, 6.07) is 6.56. The van der Waals surface area contributed by atoms with Crippen molar-refractivity contribution in [2.75, 3.05) is 11.1 Å². The molecule has 17 heavy (non-hydrogen) atoms. The predicted octanol–water partition coefficient (Wildman–Crippen LogP) is 3.08. The average Bonchev–Trinajstić information content (AvgIpc) is 2.69. The van der Waals surface area contributed by atoms with Gasteiger partial charge in [0.25, 0.3) is 5.91 Å². The van der Waals surface area contributed by atoms with E-state index in [1.54, 1.807) is 31.2 Å². The number of aryl methyl sites for hydroxylation is 1. The number of carbonyl (C=O) groups excluding carboxylic acids is 1. The van der Waals surface area contributed by atoms with Crippen LogP contribution < -0.4 is 11.1 Å². The Labute approximate surface area is 103 Å². The van der Waals surface area contributed by atoms with Gasteiger partial charge in [0.05, 0.1) is 16.3 Å². The summed E-state index contributed by atoms with van der Waals surface area (Å²) >= 11 is 5.95. The zero-order valence-corrected chi connectivity index (χ0v) is 9.91. The van der Waals surface area contributed by atoms with Crippen LogP contribution >= 0.6 is 11.6 Å². The van der Waals surface area contributed by atoms with Crippen molar-refractivity contribution in [1.82, 2.24) is 0 Å². The second kappa shape index (κ2) is 4.51. The minimum atomic E-state index is -0.270. The van der Waals surface area contributed by atoms with Gasteiger partial charge in [0.15, 0.2) is 0 Å². The lowest BCUT2D eigenvalue weighted by atomic mass is 10.2. The van der Waals surface area contributed by atoms with E-state index in [4.69, 9.17) is 21.8 Å². The molecule has 0 bridgehead atoms. The van der Waals surface area contributed by atoms with Crippen LogP contribution in [0.4, 0.5) is 11.4 Å². The first-order chi connectivity index (χ1) is 8.06. The highest BCUT2D eigenvalue weighted by atomic mass is 35.5. The third-order valence-electron chi connectivity index (χ3n) is 2.23. The molecule has 0 saturated heterocycles. The zero-order chi connectivity index (χ0) is 12.4. The van der Waals surface area contributed by atoms with Crippen LogP contribution in [0.5, 0.6) is 0 Å². The van der Waals surface area contributed by atoms with Gasteiger partial charge in [-0.05, 0) is 31.2 Å². The highest BCUT2D eigenvalue weighted by molar-refractivity contribution is 6.34. The molecule has 88 valence electrons. The summed E-state index contributed by atoms with van der Waals surface area (Å²) in [4.78, 5) is 11.8. The maximum Gasteiger partial charge on any atom is 0.258 e. The Morgan fingerprint density at radius 1 is 1.41 bits per heavy atom. The largest absolute Gasteiger partial charge is 0.469 e. The normalized spacial score (nSPS) is 10.2. The van der Waals surface area contributed by atoms with Crippen LogP contribution in [0.3, 0.4) is 0 Å². The highest BCUT2D eigenvalue weighted by Gasteiger charge is 2.10. The van der Waals surface area contributed by atoms with Gasteiger partial charge in [-0.15, -0.1) is 0 Å². The number of hydrogen-bond acceptors (Lipinski definition) is 3. The molecule has 0 fully saturated rings. The molecule has 1 heterocycles. The lowest BCUT2D eigenvalue weighted by Gasteiger charge is -2.06. The van der Waals surface area contributed by atoms with E-state index in [0.717, 1.165) is 0 Å². The SMILES string of the molecule is Cc1cc(C(=O)Nc2ccc(N)cc2Cl)co1. The van der Waals surface area contributed by atoms with Crippen molar-refractivity contribution in [3.8, 4) is 0 Å². The molecule has 1 amide bonds. The van der Waals surface area contributed by atoms with E-state index in [1.165, 1.54) is 6.26 Å². The monoisotopic (exact) mass is 250 g/mol. The number of rotatable bonds is 2. The van der Waals surface area contributed by atoms with E-state index in [9.17, 15) is 4.79 Å². The first-order valence-electron chi connectivity index (χ1n) is 4.98. The standard InChI is InChI=1S/C12H11ClN2O2/c1-7-4-8(6-17-7)12(16)15-11-3-2-9(14)5-10(11)13/h2-6H,14H2,1H3,(H,15,16). The van der Waals surface area contributed by atoms with Gasteiger partial charge in [-0.3, -0.25) is 4.79 Å². The molecule has 0 aliphatic rings. The summed E-state index contributed by atoms with van der Waals surface area (Å²) < 4.78 is 5.06. The topological polar surface area (TPSA) is 68.3 Å². The van der Waals surface area contributed by atoms with Crippen LogP contribution in [-0.2, 0) is 0 Å². The maximum atomic E-state index is 11.8. The van der Waals surface area contributed by atoms with Gasteiger partial charge in [0.1, 0.15) is 12.0 Å². The molecule has 1 aromatic heterocycles. The molecule has 1 aromatic carbocycles. The molecule has 5 heteroatoms. The molecule has 0 spiro atoms. The number of carbonyl (C=O) groups is 1. The molecule has 0 saturated carbocycles. The maximum absolute atomic E-state index is 11.8. The summed E-state index contributed by atoms with van der Waals surface area (Å²) in [5, 5.41) is 3.08. The molecular weight excluding hydrogens is 240 g/mol. The Hall–Kier alpha value is -1.94. The quantitative estimate of drug-likeness (QED) is 0.805. The number of halogens is 1. The Morgan fingerprint density at radius 3 is 2.76 bits per heavy atom. The first kappa shape index (κ1) is 11.5. The number of nitrogens with one attached hydrogen (secondary N) is 1. The number of amides is 1. The molecule has 4 nitrogen and oxygen atoms in total. The summed E-state index contributed by atoms with van der Waals surface area (Å²) in [5.74, 6) is 0.409. The van der Waals surface area contributed by atoms with Crippen molar-refractivity contribution < 1.29 is 9.21 Å². The average molecular weight is 251 g/mol. The fraction of sp³-hybridized carbons (Fsp3) is 0.0833. The van der Waals surface area contributed by atoms with Crippen LogP contribution in [0.1, 0.15) is 16.1 Å². The van der Waals surface area contributed by atoms with Crippen molar-refractivity contribution in [3.63, 3.8) is 0 Å². The molecular formula is C12H11ClN2O2. The second-order valence-corrected chi connectivity index (χ2v) is 4.05. The number of nitrogen functional groups attached to an aromatic ring is 1. The number of nitrogens with two attached hydrogens (primary N) is 1. The van der Waals surface area contributed by atoms with Crippen LogP contribution in [0.2, 0.25) is 5.02 Å². The summed E-state index contributed by atoms with van der Waals surface area (Å²) in [6.07, 6.45) is 1.40. The van der Waals surface area contributed by atoms with Crippen molar-refractivity contribution in [2.45, 2.75) is 6.92 Å². The second-order valence-electron chi connectivity index (χ2n) is 3.64. The van der Waals surface area contributed by atoms with Gasteiger partial charge < -0.3 is 15.5 Å². The lowest BCUT2D eigenvalue weighted by molar-refractivity contribution is 0.102. The first-order valence-corrected chi connectivity index (χ1v) is 5.35. The van der Waals surface area contributed by atoms with E-state index in [1.807, 2.05) is 0 Å². The Morgan fingerprint density at radius 2 is 2.18 bits per heavy atom. The third-order valence-corrected chi connectivity index (χ3v) is 2.55. The predicted molar refractivity (Wildman–Crippen MR) is 67.3 cm³/mol. The van der Waals surface area contributed by atoms with E-state index in [2.05, 4.69) is 5.32 Å². The summed E-state index contributed by atoms with van der Waals surface area (Å²) in [5.41, 5.74) is 7.08. The van der Waals surface area contributed by atoms with Gasteiger partial charge in [-0.1, -0.05) is 11.6 Å². The molecule has 2 rings (SSSR count). The molecule has 0 aliphatic carbocycles.